The fraction of sp³-hybridized carbons (Fsp3) is 0.222. The van der Waals surface area contributed by atoms with E-state index in [1.54, 1.807) is 7.05 Å². The third-order valence-electron chi connectivity index (χ3n) is 3.54. The van der Waals surface area contributed by atoms with Gasteiger partial charge in [-0.15, -0.1) is 0 Å². The zero-order valence-electron chi connectivity index (χ0n) is 13.3. The van der Waals surface area contributed by atoms with Crippen molar-refractivity contribution in [3.63, 3.8) is 0 Å². The molecule has 0 unspecified atom stereocenters. The van der Waals surface area contributed by atoms with Crippen LogP contribution >= 0.6 is 0 Å². The standard InChI is InChI=1S/C18H18F2N2O2/c1-22(13-7-3-2-4-8-13)17(24)12-6-11-16(23)21-18-14(19)9-5-10-15(18)20/h2-5,7-10H,6,11-12H2,1H3,(H,21,23). The molecule has 6 heteroatoms. The van der Waals surface area contributed by atoms with E-state index in [2.05, 4.69) is 5.32 Å². The molecule has 126 valence electrons. The number of rotatable bonds is 6. The molecule has 2 amide bonds. The van der Waals surface area contributed by atoms with Crippen LogP contribution in [0.3, 0.4) is 0 Å². The summed E-state index contributed by atoms with van der Waals surface area (Å²) >= 11 is 0. The molecule has 0 bridgehead atoms. The molecule has 0 saturated heterocycles. The van der Waals surface area contributed by atoms with Crippen LogP contribution in [0.5, 0.6) is 0 Å². The third kappa shape index (κ3) is 4.62. The van der Waals surface area contributed by atoms with E-state index in [4.69, 9.17) is 0 Å². The van der Waals surface area contributed by atoms with Gasteiger partial charge in [-0.05, 0) is 30.7 Å². The van der Waals surface area contributed by atoms with Crippen LogP contribution in [0.1, 0.15) is 19.3 Å². The summed E-state index contributed by atoms with van der Waals surface area (Å²) in [5.41, 5.74) is 0.301. The van der Waals surface area contributed by atoms with Crippen LogP contribution in [0.25, 0.3) is 0 Å². The van der Waals surface area contributed by atoms with Gasteiger partial charge >= 0.3 is 0 Å². The van der Waals surface area contributed by atoms with Crippen LogP contribution < -0.4 is 10.2 Å². The van der Waals surface area contributed by atoms with Gasteiger partial charge in [0.15, 0.2) is 0 Å². The number of halogens is 2. The quantitative estimate of drug-likeness (QED) is 0.876. The molecule has 0 aliphatic heterocycles. The van der Waals surface area contributed by atoms with Crippen LogP contribution in [0.4, 0.5) is 20.2 Å². The third-order valence-corrected chi connectivity index (χ3v) is 3.54. The first-order valence-corrected chi connectivity index (χ1v) is 7.54. The highest BCUT2D eigenvalue weighted by Gasteiger charge is 2.14. The van der Waals surface area contributed by atoms with E-state index in [0.29, 0.717) is 0 Å². The number of hydrogen-bond donors (Lipinski definition) is 1. The molecule has 0 aliphatic rings. The van der Waals surface area contributed by atoms with Crippen molar-refractivity contribution in [3.05, 3.63) is 60.2 Å². The number of para-hydroxylation sites is 2. The predicted octanol–water partition coefficient (Wildman–Crippen LogP) is 3.74. The van der Waals surface area contributed by atoms with Crippen molar-refractivity contribution in [2.45, 2.75) is 19.3 Å². The predicted molar refractivity (Wildman–Crippen MR) is 88.7 cm³/mol. The lowest BCUT2D eigenvalue weighted by Gasteiger charge is -2.17. The van der Waals surface area contributed by atoms with Gasteiger partial charge < -0.3 is 10.2 Å². The number of carbonyl (C=O) groups excluding carboxylic acids is 2. The first-order chi connectivity index (χ1) is 11.5. The second-order valence-corrected chi connectivity index (χ2v) is 5.29. The van der Waals surface area contributed by atoms with Crippen molar-refractivity contribution in [3.8, 4) is 0 Å². The molecule has 2 aromatic rings. The van der Waals surface area contributed by atoms with E-state index in [1.807, 2.05) is 30.3 Å². The fourth-order valence-corrected chi connectivity index (χ4v) is 2.18. The SMILES string of the molecule is CN(C(=O)CCCC(=O)Nc1c(F)cccc1F)c1ccccc1. The van der Waals surface area contributed by atoms with E-state index in [9.17, 15) is 18.4 Å². The van der Waals surface area contributed by atoms with Gasteiger partial charge in [0.05, 0.1) is 0 Å². The van der Waals surface area contributed by atoms with Gasteiger partial charge in [0.2, 0.25) is 11.8 Å². The van der Waals surface area contributed by atoms with Crippen molar-refractivity contribution in [1.82, 2.24) is 0 Å². The minimum atomic E-state index is -0.830. The lowest BCUT2D eigenvalue weighted by molar-refractivity contribution is -0.118. The summed E-state index contributed by atoms with van der Waals surface area (Å²) in [6.07, 6.45) is 0.457. The summed E-state index contributed by atoms with van der Waals surface area (Å²) in [5, 5.41) is 2.20. The number of benzene rings is 2. The molecule has 0 saturated carbocycles. The second-order valence-electron chi connectivity index (χ2n) is 5.29. The summed E-state index contributed by atoms with van der Waals surface area (Å²) in [4.78, 5) is 25.3. The molecule has 0 aliphatic carbocycles. The Balaban J connectivity index is 1.81. The van der Waals surface area contributed by atoms with Crippen molar-refractivity contribution >= 4 is 23.2 Å². The zero-order chi connectivity index (χ0) is 17.5. The molecule has 0 atom stereocenters. The van der Waals surface area contributed by atoms with E-state index in [1.165, 1.54) is 11.0 Å². The monoisotopic (exact) mass is 332 g/mol. The normalized spacial score (nSPS) is 10.3. The van der Waals surface area contributed by atoms with Crippen molar-refractivity contribution in [2.24, 2.45) is 0 Å². The first kappa shape index (κ1) is 17.6. The Bertz CT molecular complexity index is 700. The highest BCUT2D eigenvalue weighted by molar-refractivity contribution is 5.94. The maximum absolute atomic E-state index is 13.4. The topological polar surface area (TPSA) is 49.4 Å². The van der Waals surface area contributed by atoms with Crippen molar-refractivity contribution < 1.29 is 18.4 Å². The van der Waals surface area contributed by atoms with Crippen LogP contribution in [-0.4, -0.2) is 18.9 Å². The fourth-order valence-electron chi connectivity index (χ4n) is 2.18. The molecule has 2 aromatic carbocycles. The van der Waals surface area contributed by atoms with Gasteiger partial charge in [-0.3, -0.25) is 9.59 Å². The molecular weight excluding hydrogens is 314 g/mol. The van der Waals surface area contributed by atoms with Gasteiger partial charge in [-0.2, -0.15) is 0 Å². The maximum atomic E-state index is 13.4. The Morgan fingerprint density at radius 3 is 2.21 bits per heavy atom. The molecular formula is C18H18F2N2O2. The highest BCUT2D eigenvalue weighted by atomic mass is 19.1. The summed E-state index contributed by atoms with van der Waals surface area (Å²) in [6.45, 7) is 0. The van der Waals surface area contributed by atoms with Crippen LogP contribution in [0, 0.1) is 11.6 Å². The highest BCUT2D eigenvalue weighted by Crippen LogP contribution is 2.18. The minimum absolute atomic E-state index is 0.00213. The second kappa shape index (κ2) is 8.19. The van der Waals surface area contributed by atoms with Crippen LogP contribution in [0.2, 0.25) is 0 Å². The molecule has 4 nitrogen and oxygen atoms in total. The molecule has 0 radical (unpaired) electrons. The Hall–Kier alpha value is -2.76. The van der Waals surface area contributed by atoms with E-state index in [-0.39, 0.29) is 25.2 Å². The summed E-state index contributed by atoms with van der Waals surface area (Å²) in [5.74, 6) is -2.33. The average Bonchev–Trinajstić information content (AvgIpc) is 2.58. The molecule has 0 aromatic heterocycles. The number of nitrogens with one attached hydrogen (secondary N) is 1. The summed E-state index contributed by atoms with van der Waals surface area (Å²) in [6, 6.07) is 12.5. The summed E-state index contributed by atoms with van der Waals surface area (Å²) in [7, 11) is 1.66. The number of nitrogens with zero attached hydrogens (tertiary/aromatic N) is 1. The van der Waals surface area contributed by atoms with Crippen molar-refractivity contribution in [2.75, 3.05) is 17.3 Å². The van der Waals surface area contributed by atoms with Crippen LogP contribution in [-0.2, 0) is 9.59 Å². The Labute approximate surface area is 139 Å². The summed E-state index contributed by atoms with van der Waals surface area (Å²) < 4.78 is 26.9. The number of anilines is 2. The average molecular weight is 332 g/mol. The van der Waals surface area contributed by atoms with Gasteiger partial charge in [0.25, 0.3) is 0 Å². The molecule has 0 spiro atoms. The van der Waals surface area contributed by atoms with Gasteiger partial charge in [0, 0.05) is 25.6 Å². The van der Waals surface area contributed by atoms with E-state index in [0.717, 1.165) is 17.8 Å². The number of amides is 2. The van der Waals surface area contributed by atoms with E-state index < -0.39 is 23.2 Å². The number of carbonyl (C=O) groups is 2. The van der Waals surface area contributed by atoms with Gasteiger partial charge in [-0.1, -0.05) is 24.3 Å². The maximum Gasteiger partial charge on any atom is 0.226 e. The Morgan fingerprint density at radius 2 is 1.58 bits per heavy atom. The largest absolute Gasteiger partial charge is 0.321 e. The first-order valence-electron chi connectivity index (χ1n) is 7.54. The van der Waals surface area contributed by atoms with Gasteiger partial charge in [-0.25, -0.2) is 8.78 Å². The zero-order valence-corrected chi connectivity index (χ0v) is 13.3. The molecule has 24 heavy (non-hydrogen) atoms. The van der Waals surface area contributed by atoms with Gasteiger partial charge in [0.1, 0.15) is 17.3 Å². The lowest BCUT2D eigenvalue weighted by Crippen LogP contribution is -2.26. The molecule has 2 rings (SSSR count). The Morgan fingerprint density at radius 1 is 0.958 bits per heavy atom. The lowest BCUT2D eigenvalue weighted by atomic mass is 10.2. The van der Waals surface area contributed by atoms with Crippen molar-refractivity contribution in [1.29, 1.82) is 0 Å². The minimum Gasteiger partial charge on any atom is -0.321 e. The van der Waals surface area contributed by atoms with E-state index >= 15 is 0 Å². The Kier molecular flexibility index (Phi) is 6.01. The molecule has 0 heterocycles. The number of hydrogen-bond acceptors (Lipinski definition) is 2. The van der Waals surface area contributed by atoms with Crippen LogP contribution in [0.15, 0.2) is 48.5 Å². The molecule has 1 N–H and O–H groups in total. The molecule has 0 fully saturated rings. The smallest absolute Gasteiger partial charge is 0.226 e.